The number of fused-ring (bicyclic) bond motifs is 1. The molecule has 0 spiro atoms. The molecule has 1 aromatic heterocycles. The highest BCUT2D eigenvalue weighted by Crippen LogP contribution is 2.27. The lowest BCUT2D eigenvalue weighted by molar-refractivity contribution is -0.385. The Kier molecular flexibility index (Phi) is 3.12. The standard InChI is InChI=1S/C15H10N2O4/c18-13-4-1-10-2-5-14(8-11(10)7-13)21-15-6-3-12(9-16-15)17(19)20/h1-9,18H. The van der Waals surface area contributed by atoms with Crippen LogP contribution in [-0.2, 0) is 0 Å². The number of pyridine rings is 1. The number of hydrogen-bond acceptors (Lipinski definition) is 5. The van der Waals surface area contributed by atoms with E-state index in [1.807, 2.05) is 6.07 Å². The van der Waals surface area contributed by atoms with Crippen molar-refractivity contribution in [3.8, 4) is 17.4 Å². The quantitative estimate of drug-likeness (QED) is 0.585. The predicted molar refractivity (Wildman–Crippen MR) is 76.6 cm³/mol. The van der Waals surface area contributed by atoms with Gasteiger partial charge in [0, 0.05) is 12.1 Å². The third-order valence-corrected chi connectivity index (χ3v) is 2.95. The average Bonchev–Trinajstić information content (AvgIpc) is 2.47. The van der Waals surface area contributed by atoms with Crippen LogP contribution in [0, 0.1) is 10.1 Å². The van der Waals surface area contributed by atoms with E-state index in [1.165, 1.54) is 12.1 Å². The van der Waals surface area contributed by atoms with Crippen LogP contribution in [-0.4, -0.2) is 15.0 Å². The van der Waals surface area contributed by atoms with Gasteiger partial charge in [0.1, 0.15) is 17.7 Å². The molecule has 0 radical (unpaired) electrons. The number of nitro groups is 1. The van der Waals surface area contributed by atoms with Crippen LogP contribution in [0.15, 0.2) is 54.7 Å². The molecule has 21 heavy (non-hydrogen) atoms. The van der Waals surface area contributed by atoms with Crippen LogP contribution in [0.3, 0.4) is 0 Å². The number of hydrogen-bond donors (Lipinski definition) is 1. The van der Waals surface area contributed by atoms with Gasteiger partial charge in [0.25, 0.3) is 5.69 Å². The minimum Gasteiger partial charge on any atom is -0.508 e. The molecule has 0 aliphatic rings. The summed E-state index contributed by atoms with van der Waals surface area (Å²) in [6, 6.07) is 13.2. The van der Waals surface area contributed by atoms with Crippen molar-refractivity contribution >= 4 is 16.5 Å². The summed E-state index contributed by atoms with van der Waals surface area (Å²) in [6.07, 6.45) is 1.14. The van der Waals surface area contributed by atoms with Gasteiger partial charge >= 0.3 is 0 Å². The maximum Gasteiger partial charge on any atom is 0.287 e. The van der Waals surface area contributed by atoms with E-state index < -0.39 is 4.92 Å². The minimum absolute atomic E-state index is 0.0919. The van der Waals surface area contributed by atoms with Crippen molar-refractivity contribution in [2.24, 2.45) is 0 Å². The Balaban J connectivity index is 1.88. The first-order chi connectivity index (χ1) is 10.1. The fourth-order valence-corrected chi connectivity index (χ4v) is 1.94. The second-order valence-corrected chi connectivity index (χ2v) is 4.41. The minimum atomic E-state index is -0.518. The van der Waals surface area contributed by atoms with Crippen LogP contribution < -0.4 is 4.74 Å². The Morgan fingerprint density at radius 1 is 1.05 bits per heavy atom. The van der Waals surface area contributed by atoms with E-state index in [-0.39, 0.29) is 17.3 Å². The molecule has 1 heterocycles. The van der Waals surface area contributed by atoms with Gasteiger partial charge in [0.05, 0.1) is 4.92 Å². The van der Waals surface area contributed by atoms with Crippen molar-refractivity contribution in [3.63, 3.8) is 0 Å². The SMILES string of the molecule is O=[N+]([O-])c1ccc(Oc2ccc3ccc(O)cc3c2)nc1. The number of rotatable bonds is 3. The Morgan fingerprint density at radius 3 is 2.57 bits per heavy atom. The molecule has 0 aliphatic heterocycles. The second-order valence-electron chi connectivity index (χ2n) is 4.41. The van der Waals surface area contributed by atoms with Crippen LogP contribution in [0.1, 0.15) is 0 Å². The van der Waals surface area contributed by atoms with Crippen molar-refractivity contribution in [1.29, 1.82) is 0 Å². The fourth-order valence-electron chi connectivity index (χ4n) is 1.94. The van der Waals surface area contributed by atoms with E-state index in [2.05, 4.69) is 4.98 Å². The summed E-state index contributed by atoms with van der Waals surface area (Å²) in [5.41, 5.74) is -0.0919. The van der Waals surface area contributed by atoms with Crippen LogP contribution in [0.4, 0.5) is 5.69 Å². The number of benzene rings is 2. The first kappa shape index (κ1) is 12.9. The lowest BCUT2D eigenvalue weighted by Crippen LogP contribution is -1.91. The molecule has 104 valence electrons. The second kappa shape index (κ2) is 5.09. The van der Waals surface area contributed by atoms with Gasteiger partial charge in [0.2, 0.25) is 5.88 Å². The normalized spacial score (nSPS) is 10.5. The van der Waals surface area contributed by atoms with E-state index >= 15 is 0 Å². The van der Waals surface area contributed by atoms with E-state index in [9.17, 15) is 15.2 Å². The highest BCUT2D eigenvalue weighted by Gasteiger charge is 2.07. The number of aromatic nitrogens is 1. The molecule has 0 bridgehead atoms. The van der Waals surface area contributed by atoms with Gasteiger partial charge in [-0.3, -0.25) is 10.1 Å². The molecule has 2 aromatic carbocycles. The van der Waals surface area contributed by atoms with Crippen LogP contribution in [0.25, 0.3) is 10.8 Å². The van der Waals surface area contributed by atoms with Crippen molar-refractivity contribution < 1.29 is 14.8 Å². The highest BCUT2D eigenvalue weighted by molar-refractivity contribution is 5.85. The van der Waals surface area contributed by atoms with Gasteiger partial charge in [-0.1, -0.05) is 12.1 Å². The highest BCUT2D eigenvalue weighted by atomic mass is 16.6. The van der Waals surface area contributed by atoms with Crippen molar-refractivity contribution in [2.45, 2.75) is 0 Å². The lowest BCUT2D eigenvalue weighted by Gasteiger charge is -2.06. The average molecular weight is 282 g/mol. The Bertz CT molecular complexity index is 816. The molecule has 3 aromatic rings. The number of aromatic hydroxyl groups is 1. The van der Waals surface area contributed by atoms with Crippen molar-refractivity contribution in [1.82, 2.24) is 4.98 Å². The number of nitrogens with zero attached hydrogens (tertiary/aromatic N) is 2. The Labute approximate surface area is 119 Å². The molecule has 0 aliphatic carbocycles. The van der Waals surface area contributed by atoms with Crippen molar-refractivity contribution in [2.75, 3.05) is 0 Å². The van der Waals surface area contributed by atoms with Gasteiger partial charge in [-0.2, -0.15) is 0 Å². The third kappa shape index (κ3) is 2.74. The topological polar surface area (TPSA) is 85.5 Å². The summed E-state index contributed by atoms with van der Waals surface area (Å²) in [5.74, 6) is 0.975. The number of phenols is 1. The maximum atomic E-state index is 10.5. The molecule has 0 amide bonds. The van der Waals surface area contributed by atoms with Gasteiger partial charge in [-0.05, 0) is 35.0 Å². The largest absolute Gasteiger partial charge is 0.508 e. The summed E-state index contributed by atoms with van der Waals surface area (Å²) in [5, 5.41) is 21.8. The van der Waals surface area contributed by atoms with Crippen molar-refractivity contribution in [3.05, 3.63) is 64.8 Å². The summed E-state index contributed by atoms with van der Waals surface area (Å²) < 4.78 is 5.55. The number of phenolic OH excluding ortho intramolecular Hbond substituents is 1. The molecular formula is C15H10N2O4. The van der Waals surface area contributed by atoms with Gasteiger partial charge < -0.3 is 9.84 Å². The zero-order chi connectivity index (χ0) is 14.8. The van der Waals surface area contributed by atoms with E-state index in [1.54, 1.807) is 30.3 Å². The fraction of sp³-hybridized carbons (Fsp3) is 0. The van der Waals surface area contributed by atoms with Crippen LogP contribution in [0.5, 0.6) is 17.4 Å². The monoisotopic (exact) mass is 282 g/mol. The molecule has 1 N–H and O–H groups in total. The molecule has 3 rings (SSSR count). The summed E-state index contributed by atoms with van der Waals surface area (Å²) >= 11 is 0. The van der Waals surface area contributed by atoms with E-state index in [0.717, 1.165) is 17.0 Å². The summed E-state index contributed by atoms with van der Waals surface area (Å²) in [7, 11) is 0. The molecule has 0 atom stereocenters. The zero-order valence-electron chi connectivity index (χ0n) is 10.8. The molecular weight excluding hydrogens is 272 g/mol. The summed E-state index contributed by atoms with van der Waals surface area (Å²) in [6.45, 7) is 0. The molecule has 0 saturated carbocycles. The smallest absolute Gasteiger partial charge is 0.287 e. The molecule has 0 saturated heterocycles. The maximum absolute atomic E-state index is 10.5. The molecule has 0 unspecified atom stereocenters. The Hall–Kier alpha value is -3.15. The molecule has 6 heteroatoms. The van der Waals surface area contributed by atoms with Crippen LogP contribution >= 0.6 is 0 Å². The first-order valence-electron chi connectivity index (χ1n) is 6.13. The number of ether oxygens (including phenoxy) is 1. The van der Waals surface area contributed by atoms with E-state index in [0.29, 0.717) is 5.75 Å². The predicted octanol–water partition coefficient (Wildman–Crippen LogP) is 3.64. The third-order valence-electron chi connectivity index (χ3n) is 2.95. The van der Waals surface area contributed by atoms with Gasteiger partial charge in [-0.15, -0.1) is 0 Å². The summed E-state index contributed by atoms with van der Waals surface area (Å²) in [4.78, 5) is 13.9. The molecule has 0 fully saturated rings. The van der Waals surface area contributed by atoms with Gasteiger partial charge in [0.15, 0.2) is 0 Å². The van der Waals surface area contributed by atoms with Gasteiger partial charge in [-0.25, -0.2) is 4.98 Å². The zero-order valence-corrected chi connectivity index (χ0v) is 10.8. The first-order valence-corrected chi connectivity index (χ1v) is 6.13. The lowest BCUT2D eigenvalue weighted by atomic mass is 10.1. The van der Waals surface area contributed by atoms with Crippen LogP contribution in [0.2, 0.25) is 0 Å². The molecule has 6 nitrogen and oxygen atoms in total. The Morgan fingerprint density at radius 2 is 1.86 bits per heavy atom. The van der Waals surface area contributed by atoms with E-state index in [4.69, 9.17) is 4.74 Å².